The summed E-state index contributed by atoms with van der Waals surface area (Å²) in [4.78, 5) is 11.1. The zero-order valence-corrected chi connectivity index (χ0v) is 31.7. The minimum absolute atomic E-state index is 0.151. The van der Waals surface area contributed by atoms with Crippen LogP contribution in [-0.2, 0) is 9.22 Å². The lowest BCUT2D eigenvalue weighted by Gasteiger charge is -2.44. The molecule has 3 N–H and O–H groups in total. The van der Waals surface area contributed by atoms with Gasteiger partial charge in [-0.3, -0.25) is 10.0 Å². The van der Waals surface area contributed by atoms with Gasteiger partial charge in [-0.15, -0.1) is 0 Å². The summed E-state index contributed by atoms with van der Waals surface area (Å²) in [7, 11) is -3.96. The summed E-state index contributed by atoms with van der Waals surface area (Å²) in [6.07, 6.45) is -7.56. The first kappa shape index (κ1) is 51.9. The van der Waals surface area contributed by atoms with Crippen LogP contribution in [0.3, 0.4) is 0 Å². The first-order valence-electron chi connectivity index (χ1n) is 16.5. The monoisotopic (exact) mass is 881 g/mol. The van der Waals surface area contributed by atoms with Crippen molar-refractivity contribution in [3.05, 3.63) is 53.6 Å². The van der Waals surface area contributed by atoms with Crippen LogP contribution in [0.25, 0.3) is 0 Å². The van der Waals surface area contributed by atoms with Crippen molar-refractivity contribution in [2.24, 2.45) is 5.92 Å². The Labute approximate surface area is 316 Å². The number of hydrogen-bond donors (Lipinski definition) is 3. The van der Waals surface area contributed by atoms with Gasteiger partial charge in [-0.05, 0) is 41.7 Å². The van der Waals surface area contributed by atoms with Gasteiger partial charge in [0.2, 0.25) is 0 Å². The van der Waals surface area contributed by atoms with Gasteiger partial charge in [0, 0.05) is 18.4 Å². The van der Waals surface area contributed by atoms with Crippen molar-refractivity contribution >= 4 is 14.2 Å². The molecule has 0 aliphatic rings. The van der Waals surface area contributed by atoms with Crippen molar-refractivity contribution < 1.29 is 98.9 Å². The van der Waals surface area contributed by atoms with Crippen molar-refractivity contribution in [3.63, 3.8) is 0 Å². The Morgan fingerprint density at radius 2 is 1.16 bits per heavy atom. The molecule has 1 rings (SSSR count). The van der Waals surface area contributed by atoms with Gasteiger partial charge >= 0.3 is 47.6 Å². The fraction of sp³-hybridized carbons (Fsp3) is 0.667. The third kappa shape index (κ3) is 10.0. The maximum absolute atomic E-state index is 14.9. The zero-order chi connectivity index (χ0) is 45.0. The van der Waals surface area contributed by atoms with Crippen LogP contribution in [-0.4, -0.2) is 85.4 Å². The molecule has 2 atom stereocenters. The zero-order valence-electron chi connectivity index (χ0n) is 30.7. The summed E-state index contributed by atoms with van der Waals surface area (Å²) < 4.78 is 245. The highest BCUT2D eigenvalue weighted by Gasteiger charge is 2.95. The number of aliphatic hydroxyl groups excluding tert-OH is 1. The van der Waals surface area contributed by atoms with Gasteiger partial charge < -0.3 is 14.3 Å². The molecule has 0 unspecified atom stereocenters. The van der Waals surface area contributed by atoms with E-state index in [4.69, 9.17) is 14.4 Å². The number of aliphatic hydroxyl groups is 1. The van der Waals surface area contributed by atoms with Crippen molar-refractivity contribution in [2.75, 3.05) is 13.2 Å². The number of halogens is 17. The van der Waals surface area contributed by atoms with E-state index < -0.39 is 104 Å². The van der Waals surface area contributed by atoms with Gasteiger partial charge in [-0.25, -0.2) is 5.48 Å². The topological polar surface area (TPSA) is 88.0 Å². The third-order valence-corrected chi connectivity index (χ3v) is 15.1. The molecule has 0 spiro atoms. The fourth-order valence-electron chi connectivity index (χ4n) is 5.52. The Morgan fingerprint density at radius 1 is 0.719 bits per heavy atom. The Kier molecular flexibility index (Phi) is 16.4. The van der Waals surface area contributed by atoms with Gasteiger partial charge in [-0.2, -0.15) is 74.6 Å². The molecule has 1 aromatic carbocycles. The maximum Gasteiger partial charge on any atom is 0.460 e. The number of ether oxygens (including phenoxy) is 1. The van der Waals surface area contributed by atoms with E-state index in [1.807, 2.05) is 0 Å². The van der Waals surface area contributed by atoms with Crippen molar-refractivity contribution in [2.45, 2.75) is 119 Å². The maximum atomic E-state index is 14.9. The van der Waals surface area contributed by atoms with Gasteiger partial charge in [0.15, 0.2) is 8.32 Å². The van der Waals surface area contributed by atoms with Gasteiger partial charge in [0.25, 0.3) is 5.91 Å². The first-order valence-corrected chi connectivity index (χ1v) is 18.8. The van der Waals surface area contributed by atoms with Crippen LogP contribution in [0.4, 0.5) is 74.6 Å². The quantitative estimate of drug-likeness (QED) is 0.0218. The summed E-state index contributed by atoms with van der Waals surface area (Å²) in [5.74, 6) is -57.8. The minimum Gasteiger partial charge on any atom is -0.491 e. The number of nitrogens with one attached hydrogen (secondary N) is 1. The molecule has 0 fully saturated rings. The SMILES string of the molecule is C/C(=C\C=C\C(=O)NO)[C@@H](C)[C@@H](O)c1ccc(OCCO[Si](CCC(F)(F)C(F)(F)C(F)(F)C(F)(F)C(F)(F)C(F)(F)C(F)(F)C(F)(F)F)(C(C)C)C(C)C)cc1. The Hall–Kier alpha value is -3.12. The molecule has 330 valence electrons. The third-order valence-electron chi connectivity index (χ3n) is 9.42. The molecule has 6 nitrogen and oxygen atoms in total. The van der Waals surface area contributed by atoms with E-state index in [0.717, 1.165) is 6.08 Å². The average Bonchev–Trinajstić information content (AvgIpc) is 3.09. The van der Waals surface area contributed by atoms with Crippen LogP contribution in [0, 0.1) is 5.92 Å². The largest absolute Gasteiger partial charge is 0.491 e. The highest BCUT2D eigenvalue weighted by molar-refractivity contribution is 6.76. The normalized spacial score (nSPS) is 16.1. The van der Waals surface area contributed by atoms with Crippen LogP contribution < -0.4 is 10.2 Å². The molecular formula is C33H40F17NO5Si. The van der Waals surface area contributed by atoms with E-state index in [2.05, 4.69) is 0 Å². The second kappa shape index (κ2) is 18.0. The van der Waals surface area contributed by atoms with E-state index in [1.165, 1.54) is 69.6 Å². The van der Waals surface area contributed by atoms with E-state index in [0.29, 0.717) is 11.1 Å². The van der Waals surface area contributed by atoms with Crippen LogP contribution in [0.15, 0.2) is 48.1 Å². The van der Waals surface area contributed by atoms with Gasteiger partial charge in [0.05, 0.1) is 12.7 Å². The van der Waals surface area contributed by atoms with E-state index in [9.17, 15) is 84.5 Å². The standard InChI is InChI=1S/C33H40F17NO5Si/c1-18(2)57(19(3)4,56-16-15-55-23-12-10-22(11-13-23)25(53)21(6)20(5)8-7-9-24(52)51-54)17-14-26(34,35)27(36,37)28(38,39)29(40,41)30(42,43)31(44,45)32(46,47)33(48,49)50/h7-13,18-19,21,25,53-54H,14-17H2,1-6H3,(H,51,52)/b9-7+,20-8+/t21-,25-/m1/s1. The Balaban J connectivity index is 3.21. The summed E-state index contributed by atoms with van der Waals surface area (Å²) in [6, 6.07) is 4.40. The van der Waals surface area contributed by atoms with Gasteiger partial charge in [0.1, 0.15) is 12.4 Å². The Bertz CT molecular complexity index is 1540. The molecule has 0 saturated heterocycles. The highest BCUT2D eigenvalue weighted by atomic mass is 28.4. The van der Waals surface area contributed by atoms with Crippen LogP contribution in [0.1, 0.15) is 59.6 Å². The lowest BCUT2D eigenvalue weighted by Crippen LogP contribution is -2.74. The molecule has 0 aromatic heterocycles. The van der Waals surface area contributed by atoms with Crippen molar-refractivity contribution in [1.29, 1.82) is 0 Å². The van der Waals surface area contributed by atoms with E-state index in [-0.39, 0.29) is 12.4 Å². The predicted molar refractivity (Wildman–Crippen MR) is 171 cm³/mol. The highest BCUT2D eigenvalue weighted by Crippen LogP contribution is 2.64. The second-order valence-corrected chi connectivity index (χ2v) is 18.7. The summed E-state index contributed by atoms with van der Waals surface area (Å²) >= 11 is 0. The predicted octanol–water partition coefficient (Wildman–Crippen LogP) is 10.9. The van der Waals surface area contributed by atoms with E-state index in [1.54, 1.807) is 13.8 Å². The number of hydroxylamine groups is 1. The fourth-order valence-corrected chi connectivity index (χ4v) is 9.99. The molecule has 0 saturated carbocycles. The molecule has 24 heteroatoms. The number of amides is 1. The first-order chi connectivity index (χ1) is 25.5. The number of hydrogen-bond acceptors (Lipinski definition) is 5. The molecular weight excluding hydrogens is 841 g/mol. The number of rotatable bonds is 21. The summed E-state index contributed by atoms with van der Waals surface area (Å²) in [5.41, 5.74) is 0.714. The average molecular weight is 882 g/mol. The lowest BCUT2D eigenvalue weighted by atomic mass is 9.88. The van der Waals surface area contributed by atoms with Gasteiger partial charge in [-0.1, -0.05) is 64.5 Å². The summed E-state index contributed by atoms with van der Waals surface area (Å²) in [5, 5.41) is 19.2. The number of alkyl halides is 17. The molecule has 1 amide bonds. The number of carbonyl (C=O) groups is 1. The van der Waals surface area contributed by atoms with Crippen LogP contribution >= 0.6 is 0 Å². The molecule has 0 aliphatic carbocycles. The lowest BCUT2D eigenvalue weighted by molar-refractivity contribution is -0.461. The second-order valence-electron chi connectivity index (χ2n) is 13.7. The minimum atomic E-state index is -8.69. The van der Waals surface area contributed by atoms with Crippen molar-refractivity contribution in [3.8, 4) is 5.75 Å². The van der Waals surface area contributed by atoms with Crippen LogP contribution in [0.2, 0.25) is 17.1 Å². The summed E-state index contributed by atoms with van der Waals surface area (Å²) in [6.45, 7) is 7.72. The number of carbonyl (C=O) groups excluding carboxylic acids is 1. The molecule has 57 heavy (non-hydrogen) atoms. The molecule has 0 aliphatic heterocycles. The molecule has 0 radical (unpaired) electrons. The number of allylic oxidation sites excluding steroid dienone is 2. The number of benzene rings is 1. The molecule has 1 aromatic rings. The Morgan fingerprint density at radius 3 is 1.58 bits per heavy atom. The molecule has 0 bridgehead atoms. The smallest absolute Gasteiger partial charge is 0.460 e. The molecule has 0 heterocycles. The van der Waals surface area contributed by atoms with Crippen LogP contribution in [0.5, 0.6) is 5.75 Å². The van der Waals surface area contributed by atoms with Crippen molar-refractivity contribution in [1.82, 2.24) is 5.48 Å². The van der Waals surface area contributed by atoms with E-state index >= 15 is 0 Å².